The highest BCUT2D eigenvalue weighted by Crippen LogP contribution is 2.32. The van der Waals surface area contributed by atoms with E-state index in [1.165, 1.54) is 16.7 Å². The zero-order valence-corrected chi connectivity index (χ0v) is 10.8. The number of methoxy groups -OCH3 is 1. The summed E-state index contributed by atoms with van der Waals surface area (Å²) in [6, 6.07) is 8.14. The van der Waals surface area contributed by atoms with Crippen LogP contribution < -0.4 is 10.1 Å². The average Bonchev–Trinajstić information content (AvgIpc) is 2.98. The first-order valence-corrected chi connectivity index (χ1v) is 6.26. The van der Waals surface area contributed by atoms with Gasteiger partial charge in [0, 0.05) is 17.5 Å². The number of dihydropyridines is 1. The van der Waals surface area contributed by atoms with Crippen LogP contribution in [0.1, 0.15) is 5.56 Å². The smallest absolute Gasteiger partial charge is 0.118 e. The summed E-state index contributed by atoms with van der Waals surface area (Å²) in [6.45, 7) is 0. The Hall–Kier alpha value is -2.48. The van der Waals surface area contributed by atoms with Crippen LogP contribution >= 0.6 is 0 Å². The first-order chi connectivity index (χ1) is 9.38. The molecule has 1 aromatic carbocycles. The normalized spacial score (nSPS) is 20.4. The molecule has 0 spiro atoms. The van der Waals surface area contributed by atoms with Gasteiger partial charge in [0.1, 0.15) is 5.75 Å². The standard InChI is InChI=1S/C17H15NO/c1-19-14-10-8-13(9-11-14)15-5-4-6-16(15)17-7-2-3-12-18-17/h2-12,18H,1H3/b17-16-. The van der Waals surface area contributed by atoms with Crippen molar-refractivity contribution in [2.75, 3.05) is 7.11 Å². The summed E-state index contributed by atoms with van der Waals surface area (Å²) >= 11 is 0. The molecule has 0 unspecified atom stereocenters. The third-order valence-electron chi connectivity index (χ3n) is 3.22. The highest BCUT2D eigenvalue weighted by atomic mass is 16.5. The quantitative estimate of drug-likeness (QED) is 0.865. The molecular weight excluding hydrogens is 234 g/mol. The van der Waals surface area contributed by atoms with Gasteiger partial charge in [-0.2, -0.15) is 0 Å². The maximum absolute atomic E-state index is 5.20. The van der Waals surface area contributed by atoms with Crippen molar-refractivity contribution in [3.8, 4) is 5.75 Å². The molecule has 94 valence electrons. The molecule has 2 aliphatic rings. The molecule has 19 heavy (non-hydrogen) atoms. The van der Waals surface area contributed by atoms with Gasteiger partial charge in [0.05, 0.1) is 7.11 Å². The van der Waals surface area contributed by atoms with Crippen LogP contribution in [0.25, 0.3) is 5.57 Å². The third-order valence-corrected chi connectivity index (χ3v) is 3.22. The van der Waals surface area contributed by atoms with E-state index in [0.29, 0.717) is 0 Å². The minimum Gasteiger partial charge on any atom is -0.497 e. The van der Waals surface area contributed by atoms with Crippen LogP contribution in [0.15, 0.2) is 78.2 Å². The van der Waals surface area contributed by atoms with Gasteiger partial charge in [0.2, 0.25) is 0 Å². The average molecular weight is 249 g/mol. The molecule has 0 fully saturated rings. The number of hydrogen-bond donors (Lipinski definition) is 1. The third kappa shape index (κ3) is 2.25. The molecular formula is C17H15NO. The minimum absolute atomic E-state index is 0.878. The lowest BCUT2D eigenvalue weighted by atomic mass is 9.98. The van der Waals surface area contributed by atoms with E-state index in [4.69, 9.17) is 4.74 Å². The summed E-state index contributed by atoms with van der Waals surface area (Å²) in [5.74, 6) is 0.878. The summed E-state index contributed by atoms with van der Waals surface area (Å²) in [4.78, 5) is 0. The van der Waals surface area contributed by atoms with Gasteiger partial charge in [-0.25, -0.2) is 0 Å². The largest absolute Gasteiger partial charge is 0.497 e. The lowest BCUT2D eigenvalue weighted by Gasteiger charge is -2.13. The van der Waals surface area contributed by atoms with E-state index in [-0.39, 0.29) is 0 Å². The maximum atomic E-state index is 5.20. The molecule has 1 heterocycles. The van der Waals surface area contributed by atoms with Crippen molar-refractivity contribution < 1.29 is 4.74 Å². The Morgan fingerprint density at radius 3 is 2.47 bits per heavy atom. The lowest BCUT2D eigenvalue weighted by Crippen LogP contribution is -2.08. The van der Waals surface area contributed by atoms with Crippen LogP contribution in [0.4, 0.5) is 0 Å². The van der Waals surface area contributed by atoms with Gasteiger partial charge in [-0.1, -0.05) is 36.4 Å². The molecule has 0 saturated carbocycles. The van der Waals surface area contributed by atoms with Crippen molar-refractivity contribution in [1.29, 1.82) is 0 Å². The second-order valence-electron chi connectivity index (χ2n) is 4.36. The topological polar surface area (TPSA) is 21.3 Å². The second-order valence-corrected chi connectivity index (χ2v) is 4.36. The predicted octanol–water partition coefficient (Wildman–Crippen LogP) is 3.58. The van der Waals surface area contributed by atoms with Gasteiger partial charge >= 0.3 is 0 Å². The molecule has 1 N–H and O–H groups in total. The molecule has 2 heteroatoms. The van der Waals surface area contributed by atoms with Crippen molar-refractivity contribution in [2.45, 2.75) is 0 Å². The van der Waals surface area contributed by atoms with Crippen LogP contribution in [0.3, 0.4) is 0 Å². The Labute approximate surface area is 113 Å². The Bertz CT molecular complexity index is 628. The molecule has 0 saturated heterocycles. The van der Waals surface area contributed by atoms with Gasteiger partial charge < -0.3 is 10.1 Å². The van der Waals surface area contributed by atoms with Gasteiger partial charge in [-0.3, -0.25) is 0 Å². The number of ether oxygens (including phenoxy) is 1. The molecule has 0 aromatic heterocycles. The lowest BCUT2D eigenvalue weighted by molar-refractivity contribution is 0.415. The zero-order chi connectivity index (χ0) is 13.1. The SMILES string of the molecule is COc1ccc(C2=CC=C/C2=C2\C=CC=CN2)cc1. The van der Waals surface area contributed by atoms with Gasteiger partial charge in [0.25, 0.3) is 0 Å². The summed E-state index contributed by atoms with van der Waals surface area (Å²) in [6.07, 6.45) is 14.4. The van der Waals surface area contributed by atoms with Crippen molar-refractivity contribution in [3.63, 3.8) is 0 Å². The van der Waals surface area contributed by atoms with E-state index in [2.05, 4.69) is 41.8 Å². The van der Waals surface area contributed by atoms with E-state index in [9.17, 15) is 0 Å². The van der Waals surface area contributed by atoms with Gasteiger partial charge in [-0.15, -0.1) is 0 Å². The van der Waals surface area contributed by atoms with Crippen LogP contribution in [0, 0.1) is 0 Å². The van der Waals surface area contributed by atoms with Crippen LogP contribution in [-0.2, 0) is 0 Å². The number of nitrogens with one attached hydrogen (secondary N) is 1. The molecule has 0 bridgehead atoms. The molecule has 0 radical (unpaired) electrons. The van der Waals surface area contributed by atoms with Crippen molar-refractivity contribution in [1.82, 2.24) is 5.32 Å². The van der Waals surface area contributed by atoms with E-state index in [1.807, 2.05) is 30.5 Å². The van der Waals surface area contributed by atoms with Gasteiger partial charge in [0.15, 0.2) is 0 Å². The molecule has 3 rings (SSSR count). The van der Waals surface area contributed by atoms with E-state index in [0.717, 1.165) is 11.4 Å². The van der Waals surface area contributed by atoms with Gasteiger partial charge in [-0.05, 0) is 35.4 Å². The highest BCUT2D eigenvalue weighted by Gasteiger charge is 2.13. The van der Waals surface area contributed by atoms with E-state index in [1.54, 1.807) is 7.11 Å². The molecule has 1 aliphatic carbocycles. The number of hydrogen-bond acceptors (Lipinski definition) is 2. The number of rotatable bonds is 2. The summed E-state index contributed by atoms with van der Waals surface area (Å²) < 4.78 is 5.20. The Morgan fingerprint density at radius 1 is 0.947 bits per heavy atom. The van der Waals surface area contributed by atoms with Crippen molar-refractivity contribution >= 4 is 5.57 Å². The minimum atomic E-state index is 0.878. The first-order valence-electron chi connectivity index (χ1n) is 6.26. The summed E-state index contributed by atoms with van der Waals surface area (Å²) in [7, 11) is 1.68. The monoisotopic (exact) mass is 249 g/mol. The summed E-state index contributed by atoms with van der Waals surface area (Å²) in [5.41, 5.74) is 4.76. The van der Waals surface area contributed by atoms with Crippen LogP contribution in [0.5, 0.6) is 5.75 Å². The van der Waals surface area contributed by atoms with Crippen molar-refractivity contribution in [3.05, 3.63) is 83.8 Å². The Kier molecular flexibility index (Phi) is 3.07. The van der Waals surface area contributed by atoms with E-state index >= 15 is 0 Å². The number of allylic oxidation sites excluding steroid dienone is 8. The fourth-order valence-corrected chi connectivity index (χ4v) is 2.24. The molecule has 1 aromatic rings. The molecule has 1 aliphatic heterocycles. The van der Waals surface area contributed by atoms with Crippen LogP contribution in [0.2, 0.25) is 0 Å². The first kappa shape index (κ1) is 11.6. The highest BCUT2D eigenvalue weighted by molar-refractivity contribution is 5.87. The molecule has 0 amide bonds. The molecule has 0 atom stereocenters. The Morgan fingerprint density at radius 2 is 1.79 bits per heavy atom. The second kappa shape index (κ2) is 5.02. The summed E-state index contributed by atoms with van der Waals surface area (Å²) in [5, 5.41) is 3.28. The Balaban J connectivity index is 1.96. The fraction of sp³-hybridized carbons (Fsp3) is 0.0588. The van der Waals surface area contributed by atoms with Crippen molar-refractivity contribution in [2.24, 2.45) is 0 Å². The predicted molar refractivity (Wildman–Crippen MR) is 78.6 cm³/mol. The maximum Gasteiger partial charge on any atom is 0.118 e. The van der Waals surface area contributed by atoms with Crippen LogP contribution in [-0.4, -0.2) is 7.11 Å². The fourth-order valence-electron chi connectivity index (χ4n) is 2.24. The van der Waals surface area contributed by atoms with E-state index < -0.39 is 0 Å². The molecule has 2 nitrogen and oxygen atoms in total. The number of benzene rings is 1. The zero-order valence-electron chi connectivity index (χ0n) is 10.8.